The number of ketones is 1. The number of nitrogens with one attached hydrogen (secondary N) is 1. The molecule has 1 rings (SSSR count). The molecule has 1 amide bonds. The van der Waals surface area contributed by atoms with E-state index in [4.69, 9.17) is 0 Å². The Balaban J connectivity index is 2.67. The lowest BCUT2D eigenvalue weighted by Gasteiger charge is -2.16. The molecule has 1 N–H and O–H groups in total. The quantitative estimate of drug-likeness (QED) is 0.807. The third-order valence-corrected chi connectivity index (χ3v) is 3.55. The Labute approximate surface area is 121 Å². The van der Waals surface area contributed by atoms with Crippen molar-refractivity contribution in [2.75, 3.05) is 27.2 Å². The van der Waals surface area contributed by atoms with Crippen molar-refractivity contribution < 1.29 is 9.59 Å². The summed E-state index contributed by atoms with van der Waals surface area (Å²) in [7, 11) is 3.48. The highest BCUT2D eigenvalue weighted by Gasteiger charge is 2.13. The molecule has 0 aliphatic rings. The largest absolute Gasteiger partial charge is 0.359 e. The van der Waals surface area contributed by atoms with Crippen LogP contribution in [0.3, 0.4) is 0 Å². The summed E-state index contributed by atoms with van der Waals surface area (Å²) in [6.07, 6.45) is 0.409. The van der Waals surface area contributed by atoms with Crippen LogP contribution < -0.4 is 5.32 Å². The number of carbonyl (C=O) groups is 2. The molecule has 1 aromatic rings. The first-order valence-corrected chi connectivity index (χ1v) is 6.85. The zero-order chi connectivity index (χ0) is 15.3. The molecule has 4 heteroatoms. The highest BCUT2D eigenvalue weighted by atomic mass is 16.1. The first-order chi connectivity index (χ1) is 9.35. The van der Waals surface area contributed by atoms with Gasteiger partial charge in [-0.25, -0.2) is 0 Å². The van der Waals surface area contributed by atoms with Gasteiger partial charge in [-0.1, -0.05) is 6.07 Å². The summed E-state index contributed by atoms with van der Waals surface area (Å²) in [6, 6.07) is 4.01. The van der Waals surface area contributed by atoms with Crippen LogP contribution in [0.25, 0.3) is 0 Å². The second-order valence-corrected chi connectivity index (χ2v) is 5.34. The maximum absolute atomic E-state index is 12.3. The van der Waals surface area contributed by atoms with Gasteiger partial charge in [0.1, 0.15) is 0 Å². The molecule has 0 saturated carbocycles. The second-order valence-electron chi connectivity index (χ2n) is 5.34. The number of benzene rings is 1. The number of hydrogen-bond donors (Lipinski definition) is 1. The lowest BCUT2D eigenvalue weighted by atomic mass is 9.98. The van der Waals surface area contributed by atoms with Crippen molar-refractivity contribution in [1.82, 2.24) is 10.2 Å². The molecule has 4 nitrogen and oxygen atoms in total. The minimum atomic E-state index is -0.00772. The van der Waals surface area contributed by atoms with Crippen LogP contribution >= 0.6 is 0 Å². The molecule has 0 bridgehead atoms. The molecule has 0 spiro atoms. The fourth-order valence-corrected chi connectivity index (χ4v) is 2.09. The van der Waals surface area contributed by atoms with Gasteiger partial charge in [0.05, 0.1) is 6.54 Å². The lowest BCUT2D eigenvalue weighted by Crippen LogP contribution is -2.30. The van der Waals surface area contributed by atoms with Crippen molar-refractivity contribution in [1.29, 1.82) is 0 Å². The molecule has 110 valence electrons. The van der Waals surface area contributed by atoms with Crippen LogP contribution in [0.5, 0.6) is 0 Å². The van der Waals surface area contributed by atoms with E-state index in [1.807, 2.05) is 44.9 Å². The molecule has 0 radical (unpaired) electrons. The number of amides is 1. The van der Waals surface area contributed by atoms with Gasteiger partial charge in [-0.2, -0.15) is 0 Å². The average molecular weight is 276 g/mol. The molecule has 0 aromatic heterocycles. The highest BCUT2D eigenvalue weighted by Crippen LogP contribution is 2.16. The predicted octanol–water partition coefficient (Wildman–Crippen LogP) is 1.86. The Morgan fingerprint density at radius 3 is 2.30 bits per heavy atom. The summed E-state index contributed by atoms with van der Waals surface area (Å²) < 4.78 is 0. The van der Waals surface area contributed by atoms with Crippen molar-refractivity contribution in [2.45, 2.75) is 27.2 Å². The monoisotopic (exact) mass is 276 g/mol. The van der Waals surface area contributed by atoms with Crippen LogP contribution in [0.15, 0.2) is 12.1 Å². The van der Waals surface area contributed by atoms with Crippen LogP contribution in [0.2, 0.25) is 0 Å². The topological polar surface area (TPSA) is 49.4 Å². The molecule has 0 aliphatic carbocycles. The molecular weight excluding hydrogens is 252 g/mol. The number of rotatable bonds is 6. The third kappa shape index (κ3) is 4.46. The van der Waals surface area contributed by atoms with Crippen molar-refractivity contribution in [3.8, 4) is 0 Å². The second kappa shape index (κ2) is 7.20. The maximum Gasteiger partial charge on any atom is 0.221 e. The Bertz CT molecular complexity index is 509. The van der Waals surface area contributed by atoms with Gasteiger partial charge >= 0.3 is 0 Å². The molecule has 0 fully saturated rings. The van der Waals surface area contributed by atoms with Gasteiger partial charge in [0, 0.05) is 25.6 Å². The van der Waals surface area contributed by atoms with Crippen LogP contribution in [0.4, 0.5) is 0 Å². The van der Waals surface area contributed by atoms with Gasteiger partial charge in [-0.15, -0.1) is 0 Å². The molecule has 0 atom stereocenters. The molecule has 0 heterocycles. The number of hydrogen-bond acceptors (Lipinski definition) is 3. The molecule has 0 unspecified atom stereocenters. The van der Waals surface area contributed by atoms with E-state index in [9.17, 15) is 9.59 Å². The number of nitrogens with zero attached hydrogens (tertiary/aromatic N) is 1. The Kier molecular flexibility index (Phi) is 5.89. The van der Waals surface area contributed by atoms with Crippen LogP contribution in [-0.2, 0) is 4.79 Å². The van der Waals surface area contributed by atoms with Gasteiger partial charge in [0.25, 0.3) is 0 Å². The van der Waals surface area contributed by atoms with Gasteiger partial charge in [-0.05, 0) is 50.6 Å². The minimum Gasteiger partial charge on any atom is -0.359 e. The van der Waals surface area contributed by atoms with E-state index >= 15 is 0 Å². The first kappa shape index (κ1) is 16.4. The summed E-state index contributed by atoms with van der Waals surface area (Å²) >= 11 is 0. The maximum atomic E-state index is 12.3. The van der Waals surface area contributed by atoms with Gasteiger partial charge in [0.15, 0.2) is 5.78 Å². The van der Waals surface area contributed by atoms with Crippen molar-refractivity contribution in [3.05, 3.63) is 34.4 Å². The summed E-state index contributed by atoms with van der Waals surface area (Å²) in [5, 5.41) is 2.58. The van der Waals surface area contributed by atoms with E-state index in [1.165, 1.54) is 5.56 Å². The van der Waals surface area contributed by atoms with E-state index in [2.05, 4.69) is 5.32 Å². The van der Waals surface area contributed by atoms with Crippen molar-refractivity contribution in [3.63, 3.8) is 0 Å². The fourth-order valence-electron chi connectivity index (χ4n) is 2.09. The standard InChI is InChI=1S/C16H24N2O2/c1-11-8-13(3)14(9-12(11)2)15(19)10-18(5)7-6-16(20)17-4/h8-9H,6-7,10H2,1-5H3,(H,17,20). The lowest BCUT2D eigenvalue weighted by molar-refractivity contribution is -0.120. The number of Topliss-reactive ketones (excluding diaryl/α,β-unsaturated/α-hetero) is 1. The van der Waals surface area contributed by atoms with E-state index in [1.54, 1.807) is 7.05 Å². The van der Waals surface area contributed by atoms with E-state index in [-0.39, 0.29) is 11.7 Å². The zero-order valence-electron chi connectivity index (χ0n) is 13.0. The highest BCUT2D eigenvalue weighted by molar-refractivity contribution is 5.99. The summed E-state index contributed by atoms with van der Waals surface area (Å²) in [5.41, 5.74) is 4.12. The normalized spacial score (nSPS) is 10.7. The van der Waals surface area contributed by atoms with Crippen molar-refractivity contribution in [2.24, 2.45) is 0 Å². The molecule has 0 aliphatic heterocycles. The van der Waals surface area contributed by atoms with Gasteiger partial charge < -0.3 is 5.32 Å². The number of carbonyl (C=O) groups excluding carboxylic acids is 2. The van der Waals surface area contributed by atoms with Crippen LogP contribution in [0, 0.1) is 20.8 Å². The number of aryl methyl sites for hydroxylation is 3. The molecule has 1 aromatic carbocycles. The third-order valence-electron chi connectivity index (χ3n) is 3.55. The predicted molar refractivity (Wildman–Crippen MR) is 81.2 cm³/mol. The molecular formula is C16H24N2O2. The van der Waals surface area contributed by atoms with E-state index < -0.39 is 0 Å². The van der Waals surface area contributed by atoms with Crippen LogP contribution in [-0.4, -0.2) is 43.8 Å². The van der Waals surface area contributed by atoms with Crippen LogP contribution in [0.1, 0.15) is 33.5 Å². The SMILES string of the molecule is CNC(=O)CCN(C)CC(=O)c1cc(C)c(C)cc1C. The fraction of sp³-hybridized carbons (Fsp3) is 0.500. The number of likely N-dealkylation sites (N-methyl/N-ethyl adjacent to an activating group) is 1. The summed E-state index contributed by atoms with van der Waals surface area (Å²) in [5.74, 6) is 0.0941. The summed E-state index contributed by atoms with van der Waals surface area (Å²) in [6.45, 7) is 6.94. The van der Waals surface area contributed by atoms with E-state index in [0.29, 0.717) is 19.5 Å². The smallest absolute Gasteiger partial charge is 0.221 e. The Morgan fingerprint density at radius 1 is 1.10 bits per heavy atom. The molecule has 0 saturated heterocycles. The van der Waals surface area contributed by atoms with Gasteiger partial charge in [0.2, 0.25) is 5.91 Å². The summed E-state index contributed by atoms with van der Waals surface area (Å²) in [4.78, 5) is 25.4. The van der Waals surface area contributed by atoms with Crippen molar-refractivity contribution >= 4 is 11.7 Å². The van der Waals surface area contributed by atoms with Gasteiger partial charge in [-0.3, -0.25) is 14.5 Å². The molecule has 20 heavy (non-hydrogen) atoms. The zero-order valence-corrected chi connectivity index (χ0v) is 13.0. The van der Waals surface area contributed by atoms with E-state index in [0.717, 1.165) is 16.7 Å². The first-order valence-electron chi connectivity index (χ1n) is 6.85. The Hall–Kier alpha value is -1.68. The minimum absolute atomic E-state index is 0.00772. The Morgan fingerprint density at radius 2 is 1.70 bits per heavy atom. The average Bonchev–Trinajstić information content (AvgIpc) is 2.39.